The molecule has 1 aromatic rings. The van der Waals surface area contributed by atoms with Crippen molar-refractivity contribution in [2.24, 2.45) is 0 Å². The van der Waals surface area contributed by atoms with E-state index in [9.17, 15) is 9.59 Å². The molecule has 0 amide bonds. The van der Waals surface area contributed by atoms with Crippen LogP contribution in [0.15, 0.2) is 24.3 Å². The fraction of sp³-hybridized carbons (Fsp3) is 0.273. The van der Waals surface area contributed by atoms with Crippen LogP contribution < -0.4 is 0 Å². The number of ether oxygens (including phenoxy) is 1. The van der Waals surface area contributed by atoms with Gasteiger partial charge in [0.05, 0.1) is 18.6 Å². The summed E-state index contributed by atoms with van der Waals surface area (Å²) in [6, 6.07) is 6.40. The summed E-state index contributed by atoms with van der Waals surface area (Å²) in [5, 5.41) is 8.86. The number of hydrogen-bond donors (Lipinski definition) is 1. The van der Waals surface area contributed by atoms with Gasteiger partial charge in [-0.25, -0.2) is 4.79 Å². The van der Waals surface area contributed by atoms with E-state index in [-0.39, 0.29) is 12.0 Å². The summed E-state index contributed by atoms with van der Waals surface area (Å²) in [6.07, 6.45) is -0.00366. The van der Waals surface area contributed by atoms with Crippen molar-refractivity contribution >= 4 is 11.9 Å². The van der Waals surface area contributed by atoms with Crippen molar-refractivity contribution < 1.29 is 19.4 Å². The number of hydrogen-bond acceptors (Lipinski definition) is 3. The molecular weight excluding hydrogens is 196 g/mol. The molecule has 15 heavy (non-hydrogen) atoms. The van der Waals surface area contributed by atoms with Crippen molar-refractivity contribution in [1.82, 2.24) is 0 Å². The third kappa shape index (κ3) is 3.09. The van der Waals surface area contributed by atoms with Crippen LogP contribution in [0, 0.1) is 0 Å². The molecule has 0 bridgehead atoms. The highest BCUT2D eigenvalue weighted by molar-refractivity contribution is 5.91. The number of rotatable bonds is 4. The minimum Gasteiger partial charge on any atom is -0.478 e. The fourth-order valence-electron chi connectivity index (χ4n) is 1.25. The van der Waals surface area contributed by atoms with Gasteiger partial charge in [0.2, 0.25) is 0 Å². The lowest BCUT2D eigenvalue weighted by molar-refractivity contribution is -0.142. The molecule has 0 spiro atoms. The normalized spacial score (nSPS) is 9.67. The van der Waals surface area contributed by atoms with Crippen LogP contribution in [0.3, 0.4) is 0 Å². The van der Waals surface area contributed by atoms with Crippen LogP contribution in [0.2, 0.25) is 0 Å². The molecule has 0 saturated carbocycles. The summed E-state index contributed by atoms with van der Waals surface area (Å²) in [5.41, 5.74) is 0.619. The van der Waals surface area contributed by atoms with E-state index < -0.39 is 11.9 Å². The zero-order valence-corrected chi connectivity index (χ0v) is 8.40. The van der Waals surface area contributed by atoms with Gasteiger partial charge < -0.3 is 9.84 Å². The van der Waals surface area contributed by atoms with E-state index >= 15 is 0 Å². The van der Waals surface area contributed by atoms with Crippen LogP contribution >= 0.6 is 0 Å². The summed E-state index contributed by atoms with van der Waals surface area (Å²) in [6.45, 7) is 2.01. The Balaban J connectivity index is 2.84. The number of benzene rings is 1. The van der Waals surface area contributed by atoms with Gasteiger partial charge in [-0.2, -0.15) is 0 Å². The summed E-state index contributed by atoms with van der Waals surface area (Å²) in [7, 11) is 0. The number of carbonyl (C=O) groups excluding carboxylic acids is 1. The molecule has 0 aromatic heterocycles. The van der Waals surface area contributed by atoms with E-state index in [0.29, 0.717) is 12.2 Å². The molecule has 0 aliphatic carbocycles. The summed E-state index contributed by atoms with van der Waals surface area (Å²) in [5.74, 6) is -1.44. The van der Waals surface area contributed by atoms with Crippen molar-refractivity contribution in [3.05, 3.63) is 35.4 Å². The van der Waals surface area contributed by atoms with Crippen molar-refractivity contribution in [3.63, 3.8) is 0 Å². The van der Waals surface area contributed by atoms with E-state index in [0.717, 1.165) is 0 Å². The molecule has 0 atom stereocenters. The van der Waals surface area contributed by atoms with Crippen LogP contribution in [0.5, 0.6) is 0 Å². The zero-order chi connectivity index (χ0) is 11.3. The first kappa shape index (κ1) is 11.2. The highest BCUT2D eigenvalue weighted by Crippen LogP contribution is 2.10. The average Bonchev–Trinajstić information content (AvgIpc) is 2.18. The predicted octanol–water partition coefficient (Wildman–Crippen LogP) is 1.49. The number of carbonyl (C=O) groups is 2. The van der Waals surface area contributed by atoms with Crippen molar-refractivity contribution in [3.8, 4) is 0 Å². The zero-order valence-electron chi connectivity index (χ0n) is 8.40. The Bertz CT molecular complexity index is 371. The molecule has 0 heterocycles. The Labute approximate surface area is 87.5 Å². The Morgan fingerprint density at radius 1 is 1.33 bits per heavy atom. The SMILES string of the molecule is CCOC(=O)Cc1ccccc1C(=O)O. The van der Waals surface area contributed by atoms with Crippen LogP contribution in [-0.4, -0.2) is 23.7 Å². The summed E-state index contributed by atoms with van der Waals surface area (Å²) < 4.78 is 4.75. The van der Waals surface area contributed by atoms with E-state index in [1.165, 1.54) is 6.07 Å². The Morgan fingerprint density at radius 3 is 2.60 bits per heavy atom. The second-order valence-electron chi connectivity index (χ2n) is 2.94. The maximum atomic E-state index is 11.2. The number of aromatic carboxylic acids is 1. The van der Waals surface area contributed by atoms with E-state index in [2.05, 4.69) is 0 Å². The van der Waals surface area contributed by atoms with E-state index in [1.54, 1.807) is 25.1 Å². The highest BCUT2D eigenvalue weighted by atomic mass is 16.5. The van der Waals surface area contributed by atoms with Gasteiger partial charge in [0.1, 0.15) is 0 Å². The molecule has 1 N–H and O–H groups in total. The third-order valence-corrected chi connectivity index (χ3v) is 1.89. The van der Waals surface area contributed by atoms with Crippen LogP contribution in [0.4, 0.5) is 0 Å². The quantitative estimate of drug-likeness (QED) is 0.761. The average molecular weight is 208 g/mol. The molecule has 4 heteroatoms. The standard InChI is InChI=1S/C11H12O4/c1-2-15-10(12)7-8-5-3-4-6-9(8)11(13)14/h3-6H,2,7H2,1H3,(H,13,14). The molecule has 0 aliphatic heterocycles. The van der Waals surface area contributed by atoms with E-state index in [4.69, 9.17) is 9.84 Å². The second-order valence-corrected chi connectivity index (χ2v) is 2.94. The molecule has 0 unspecified atom stereocenters. The summed E-state index contributed by atoms with van der Waals surface area (Å²) >= 11 is 0. The largest absolute Gasteiger partial charge is 0.478 e. The first-order valence-electron chi connectivity index (χ1n) is 4.62. The van der Waals surface area contributed by atoms with Gasteiger partial charge in [-0.1, -0.05) is 18.2 Å². The van der Waals surface area contributed by atoms with Gasteiger partial charge in [-0.05, 0) is 18.6 Å². The molecular formula is C11H12O4. The van der Waals surface area contributed by atoms with Crippen molar-refractivity contribution in [2.75, 3.05) is 6.61 Å². The van der Waals surface area contributed by atoms with Gasteiger partial charge in [0.25, 0.3) is 0 Å². The molecule has 1 aromatic carbocycles. The Morgan fingerprint density at radius 2 is 2.00 bits per heavy atom. The lowest BCUT2D eigenvalue weighted by Crippen LogP contribution is -2.11. The minimum atomic E-state index is -1.03. The Kier molecular flexibility index (Phi) is 3.85. The topological polar surface area (TPSA) is 63.6 Å². The van der Waals surface area contributed by atoms with Gasteiger partial charge in [-0.15, -0.1) is 0 Å². The highest BCUT2D eigenvalue weighted by Gasteiger charge is 2.12. The molecule has 4 nitrogen and oxygen atoms in total. The number of carboxylic acid groups (broad SMARTS) is 1. The van der Waals surface area contributed by atoms with Gasteiger partial charge in [0, 0.05) is 0 Å². The maximum Gasteiger partial charge on any atom is 0.335 e. The fourth-order valence-corrected chi connectivity index (χ4v) is 1.25. The lowest BCUT2D eigenvalue weighted by atomic mass is 10.1. The van der Waals surface area contributed by atoms with Gasteiger partial charge in [-0.3, -0.25) is 4.79 Å². The first-order valence-corrected chi connectivity index (χ1v) is 4.62. The first-order chi connectivity index (χ1) is 7.15. The maximum absolute atomic E-state index is 11.2. The minimum absolute atomic E-state index is 0.00366. The van der Waals surface area contributed by atoms with Crippen molar-refractivity contribution in [1.29, 1.82) is 0 Å². The van der Waals surface area contributed by atoms with Gasteiger partial charge in [0.15, 0.2) is 0 Å². The molecule has 0 aliphatic rings. The van der Waals surface area contributed by atoms with E-state index in [1.807, 2.05) is 0 Å². The molecule has 1 rings (SSSR count). The monoisotopic (exact) mass is 208 g/mol. The number of esters is 1. The lowest BCUT2D eigenvalue weighted by Gasteiger charge is -2.04. The molecule has 0 fully saturated rings. The summed E-state index contributed by atoms with van der Waals surface area (Å²) in [4.78, 5) is 22.0. The number of carboxylic acids is 1. The predicted molar refractivity (Wildman–Crippen MR) is 53.7 cm³/mol. The molecule has 0 saturated heterocycles. The second kappa shape index (κ2) is 5.14. The third-order valence-electron chi connectivity index (χ3n) is 1.89. The van der Waals surface area contributed by atoms with Crippen LogP contribution in [0.25, 0.3) is 0 Å². The molecule has 80 valence electrons. The Hall–Kier alpha value is -1.84. The van der Waals surface area contributed by atoms with Crippen molar-refractivity contribution in [2.45, 2.75) is 13.3 Å². The van der Waals surface area contributed by atoms with Gasteiger partial charge >= 0.3 is 11.9 Å². The van der Waals surface area contributed by atoms with Crippen LogP contribution in [0.1, 0.15) is 22.8 Å². The van der Waals surface area contributed by atoms with Crippen LogP contribution in [-0.2, 0) is 16.0 Å². The smallest absolute Gasteiger partial charge is 0.335 e. The molecule has 0 radical (unpaired) electrons.